The van der Waals surface area contributed by atoms with E-state index in [2.05, 4.69) is 5.32 Å². The second kappa shape index (κ2) is 5.72. The molecule has 0 aliphatic heterocycles. The lowest BCUT2D eigenvalue weighted by molar-refractivity contribution is -0.157. The Hall–Kier alpha value is -1.30. The van der Waals surface area contributed by atoms with Crippen molar-refractivity contribution >= 4 is 12.1 Å². The Balaban J connectivity index is 2.19. The first-order valence-electron chi connectivity index (χ1n) is 7.93. The highest BCUT2D eigenvalue weighted by molar-refractivity contribution is 5.77. The molecule has 2 saturated carbocycles. The number of aliphatic hydroxyl groups is 1. The van der Waals surface area contributed by atoms with Crippen molar-refractivity contribution in [1.29, 1.82) is 0 Å². The summed E-state index contributed by atoms with van der Waals surface area (Å²) in [5, 5.41) is 13.4. The third-order valence-electron chi connectivity index (χ3n) is 4.89. The van der Waals surface area contributed by atoms with Crippen molar-refractivity contribution in [2.75, 3.05) is 7.11 Å². The highest BCUT2D eigenvalue weighted by Crippen LogP contribution is 2.61. The van der Waals surface area contributed by atoms with Gasteiger partial charge >= 0.3 is 12.1 Å². The fourth-order valence-corrected chi connectivity index (χ4v) is 3.71. The van der Waals surface area contributed by atoms with Crippen LogP contribution in [0.4, 0.5) is 4.79 Å². The lowest BCUT2D eigenvalue weighted by Gasteiger charge is -2.41. The molecule has 0 radical (unpaired) electrons. The van der Waals surface area contributed by atoms with Crippen LogP contribution in [0.1, 0.15) is 59.3 Å². The molecule has 0 aromatic rings. The second-order valence-electron chi connectivity index (χ2n) is 7.50. The lowest BCUT2D eigenvalue weighted by Crippen LogP contribution is -2.59. The molecule has 2 fully saturated rings. The summed E-state index contributed by atoms with van der Waals surface area (Å²) in [7, 11) is 1.27. The van der Waals surface area contributed by atoms with Crippen LogP contribution in [0.15, 0.2) is 0 Å². The van der Waals surface area contributed by atoms with Crippen LogP contribution in [0.2, 0.25) is 0 Å². The largest absolute Gasteiger partial charge is 0.467 e. The van der Waals surface area contributed by atoms with Crippen molar-refractivity contribution in [3.63, 3.8) is 0 Å². The molecule has 1 amide bonds. The van der Waals surface area contributed by atoms with E-state index < -0.39 is 34.7 Å². The monoisotopic (exact) mass is 313 g/mol. The minimum Gasteiger partial charge on any atom is -0.467 e. The Morgan fingerprint density at radius 1 is 1.14 bits per heavy atom. The summed E-state index contributed by atoms with van der Waals surface area (Å²) in [5.41, 5.74) is -1.78. The summed E-state index contributed by atoms with van der Waals surface area (Å²) in [6, 6.07) is 0. The predicted octanol–water partition coefficient (Wildman–Crippen LogP) is 2.14. The van der Waals surface area contributed by atoms with Gasteiger partial charge in [0, 0.05) is 5.41 Å². The summed E-state index contributed by atoms with van der Waals surface area (Å²) in [6.07, 6.45) is 3.15. The number of esters is 1. The minimum absolute atomic E-state index is 0.488. The van der Waals surface area contributed by atoms with Gasteiger partial charge in [-0.15, -0.1) is 0 Å². The van der Waals surface area contributed by atoms with Crippen molar-refractivity contribution in [2.24, 2.45) is 5.41 Å². The van der Waals surface area contributed by atoms with Gasteiger partial charge in [0.25, 0.3) is 0 Å². The number of alkyl carbamates (subject to hydrolysis) is 1. The Bertz CT molecular complexity index is 444. The zero-order valence-electron chi connectivity index (χ0n) is 13.9. The van der Waals surface area contributed by atoms with E-state index in [-0.39, 0.29) is 0 Å². The number of amides is 1. The van der Waals surface area contributed by atoms with E-state index in [9.17, 15) is 14.7 Å². The van der Waals surface area contributed by atoms with E-state index in [1.54, 1.807) is 0 Å². The van der Waals surface area contributed by atoms with Crippen LogP contribution >= 0.6 is 0 Å². The van der Waals surface area contributed by atoms with Crippen LogP contribution < -0.4 is 5.32 Å². The molecule has 2 N–H and O–H groups in total. The molecule has 6 nitrogen and oxygen atoms in total. The molecule has 6 heteroatoms. The van der Waals surface area contributed by atoms with Crippen molar-refractivity contribution in [1.82, 2.24) is 5.32 Å². The first kappa shape index (κ1) is 17.1. The van der Waals surface area contributed by atoms with Crippen molar-refractivity contribution in [2.45, 2.75) is 76.5 Å². The third kappa shape index (κ3) is 3.07. The Kier molecular flexibility index (Phi) is 4.44. The number of rotatable bonds is 4. The lowest BCUT2D eigenvalue weighted by atomic mass is 9.75. The molecule has 0 aromatic carbocycles. The van der Waals surface area contributed by atoms with Gasteiger partial charge in [-0.25, -0.2) is 9.59 Å². The minimum atomic E-state index is -1.20. The van der Waals surface area contributed by atoms with Crippen LogP contribution in [0, 0.1) is 5.41 Å². The normalized spacial score (nSPS) is 23.5. The van der Waals surface area contributed by atoms with Gasteiger partial charge in [0.2, 0.25) is 0 Å². The van der Waals surface area contributed by atoms with E-state index in [1.807, 2.05) is 20.8 Å². The zero-order valence-corrected chi connectivity index (χ0v) is 13.9. The highest BCUT2D eigenvalue weighted by atomic mass is 16.6. The van der Waals surface area contributed by atoms with Gasteiger partial charge < -0.3 is 19.9 Å². The summed E-state index contributed by atoms with van der Waals surface area (Å²) >= 11 is 0. The van der Waals surface area contributed by atoms with Gasteiger partial charge in [-0.2, -0.15) is 0 Å². The maximum atomic E-state index is 12.2. The molecule has 2 aliphatic carbocycles. The number of hydrogen-bond donors (Lipinski definition) is 2. The molecule has 1 unspecified atom stereocenters. The van der Waals surface area contributed by atoms with Crippen LogP contribution in [-0.4, -0.2) is 41.5 Å². The van der Waals surface area contributed by atoms with Crippen LogP contribution in [-0.2, 0) is 14.3 Å². The molecule has 0 saturated heterocycles. The second-order valence-corrected chi connectivity index (χ2v) is 7.50. The van der Waals surface area contributed by atoms with Gasteiger partial charge in [-0.05, 0) is 46.5 Å². The number of hydrogen-bond acceptors (Lipinski definition) is 5. The third-order valence-corrected chi connectivity index (χ3v) is 4.89. The van der Waals surface area contributed by atoms with Crippen molar-refractivity contribution < 1.29 is 24.2 Å². The van der Waals surface area contributed by atoms with E-state index in [0.717, 1.165) is 25.7 Å². The first-order chi connectivity index (χ1) is 10.2. The van der Waals surface area contributed by atoms with Crippen LogP contribution in [0.5, 0.6) is 0 Å². The fourth-order valence-electron chi connectivity index (χ4n) is 3.71. The molecule has 2 rings (SSSR count). The summed E-state index contributed by atoms with van der Waals surface area (Å²) in [5.74, 6) is -0.630. The predicted molar refractivity (Wildman–Crippen MR) is 80.3 cm³/mol. The van der Waals surface area contributed by atoms with Crippen molar-refractivity contribution in [3.05, 3.63) is 0 Å². The van der Waals surface area contributed by atoms with Gasteiger partial charge in [0.15, 0.2) is 6.10 Å². The summed E-state index contributed by atoms with van der Waals surface area (Å²) in [6.45, 7) is 5.43. The highest BCUT2D eigenvalue weighted by Gasteiger charge is 2.66. The van der Waals surface area contributed by atoms with E-state index in [1.165, 1.54) is 7.11 Å². The molecule has 1 atom stereocenters. The molecule has 0 bridgehead atoms. The number of aliphatic hydroxyl groups excluding tert-OH is 1. The SMILES string of the molecule is COC(=O)C(O)C1(C2(NC(=O)OC(C)(C)C)CCCC2)CC1. The van der Waals surface area contributed by atoms with Crippen LogP contribution in [0.25, 0.3) is 0 Å². The molecular weight excluding hydrogens is 286 g/mol. The average Bonchev–Trinajstić information content (AvgIpc) is 3.10. The Morgan fingerprint density at radius 2 is 1.68 bits per heavy atom. The standard InChI is InChI=1S/C16H27NO5/c1-14(2,3)22-13(20)17-16(7-5-6-8-16)15(9-10-15)11(18)12(19)21-4/h11,18H,5-10H2,1-4H3,(H,17,20). The number of methoxy groups -OCH3 is 1. The summed E-state index contributed by atoms with van der Waals surface area (Å²) in [4.78, 5) is 24.0. The van der Waals surface area contributed by atoms with Crippen LogP contribution in [0.3, 0.4) is 0 Å². The molecule has 126 valence electrons. The molecule has 0 aromatic heterocycles. The number of nitrogens with one attached hydrogen (secondary N) is 1. The fraction of sp³-hybridized carbons (Fsp3) is 0.875. The van der Waals surface area contributed by atoms with E-state index >= 15 is 0 Å². The topological polar surface area (TPSA) is 84.9 Å². The molecule has 22 heavy (non-hydrogen) atoms. The molecule has 0 heterocycles. The Labute approximate surface area is 131 Å². The average molecular weight is 313 g/mol. The Morgan fingerprint density at radius 3 is 2.09 bits per heavy atom. The van der Waals surface area contributed by atoms with Crippen molar-refractivity contribution in [3.8, 4) is 0 Å². The maximum absolute atomic E-state index is 12.2. The number of carbonyl (C=O) groups excluding carboxylic acids is 2. The van der Waals surface area contributed by atoms with Gasteiger partial charge in [-0.1, -0.05) is 12.8 Å². The summed E-state index contributed by atoms with van der Waals surface area (Å²) < 4.78 is 10.1. The molecular formula is C16H27NO5. The van der Waals surface area contributed by atoms with Gasteiger partial charge in [0.1, 0.15) is 5.60 Å². The smallest absolute Gasteiger partial charge is 0.408 e. The van der Waals surface area contributed by atoms with Gasteiger partial charge in [0.05, 0.1) is 12.6 Å². The molecule has 2 aliphatic rings. The van der Waals surface area contributed by atoms with E-state index in [0.29, 0.717) is 12.8 Å². The zero-order chi connectivity index (χ0) is 16.6. The van der Waals surface area contributed by atoms with E-state index in [4.69, 9.17) is 9.47 Å². The first-order valence-corrected chi connectivity index (χ1v) is 7.93. The maximum Gasteiger partial charge on any atom is 0.408 e. The quantitative estimate of drug-likeness (QED) is 0.777. The molecule has 0 spiro atoms. The number of carbonyl (C=O) groups is 2. The van der Waals surface area contributed by atoms with Gasteiger partial charge in [-0.3, -0.25) is 0 Å². The number of ether oxygens (including phenoxy) is 2.